The Bertz CT molecular complexity index is 1690. The molecule has 0 fully saturated rings. The quantitative estimate of drug-likeness (QED) is 0.183. The Morgan fingerprint density at radius 1 is 1.07 bits per heavy atom. The van der Waals surface area contributed by atoms with Crippen LogP contribution in [0, 0.1) is 0 Å². The molecule has 5 aromatic rings. The van der Waals surface area contributed by atoms with E-state index in [4.69, 9.17) is 26.2 Å². The first-order valence-corrected chi connectivity index (χ1v) is 12.9. The Kier molecular flexibility index (Phi) is 7.98. The minimum Gasteiger partial charge on any atom is -0.497 e. The second kappa shape index (κ2) is 11.9. The number of hydrogen-bond donors (Lipinski definition) is 2. The van der Waals surface area contributed by atoms with Gasteiger partial charge >= 0.3 is 5.97 Å². The summed E-state index contributed by atoms with van der Waals surface area (Å²) in [4.78, 5) is 28.8. The molecule has 0 aliphatic rings. The summed E-state index contributed by atoms with van der Waals surface area (Å²) in [5.74, 6) is -0.246. The highest BCUT2D eigenvalue weighted by atomic mass is 35.5. The van der Waals surface area contributed by atoms with E-state index in [2.05, 4.69) is 10.3 Å². The van der Waals surface area contributed by atoms with Gasteiger partial charge in [-0.3, -0.25) is 4.79 Å². The number of halogens is 1. The van der Waals surface area contributed by atoms with Crippen LogP contribution in [0.3, 0.4) is 0 Å². The highest BCUT2D eigenvalue weighted by molar-refractivity contribution is 6.30. The molecule has 0 spiro atoms. The third kappa shape index (κ3) is 5.92. The molecule has 202 valence electrons. The van der Waals surface area contributed by atoms with Crippen molar-refractivity contribution in [3.05, 3.63) is 107 Å². The molecule has 2 heterocycles. The molecule has 8 nitrogen and oxygen atoms in total. The topological polar surface area (TPSA) is 98.2 Å². The number of carbonyl (C=O) groups excluding carboxylic acids is 2. The second-order valence-corrected chi connectivity index (χ2v) is 9.50. The number of amides is 1. The van der Waals surface area contributed by atoms with Gasteiger partial charge in [0.25, 0.3) is 0 Å². The number of aromatic nitrogens is 3. The number of methoxy groups -OCH3 is 2. The highest BCUT2D eigenvalue weighted by Gasteiger charge is 2.23. The number of esters is 1. The third-order valence-electron chi connectivity index (χ3n) is 6.49. The molecule has 1 amide bonds. The van der Waals surface area contributed by atoms with E-state index in [1.54, 1.807) is 30.0 Å². The monoisotopic (exact) mass is 554 g/mol. The van der Waals surface area contributed by atoms with E-state index in [1.807, 2.05) is 73.1 Å². The van der Waals surface area contributed by atoms with Crippen molar-refractivity contribution in [1.82, 2.24) is 20.1 Å². The number of ether oxygens (including phenoxy) is 2. The van der Waals surface area contributed by atoms with Crippen LogP contribution in [-0.4, -0.2) is 46.9 Å². The molecule has 2 aromatic heterocycles. The molecule has 0 saturated heterocycles. The lowest BCUT2D eigenvalue weighted by Crippen LogP contribution is -2.42. The SMILES string of the molecule is COC(=O)[C@H](Cc1c[nH]c2ccccc12)NC(=O)/C=C\c1cn(-c2cccc(Cl)c2)nc1-c1ccc(OC)cc1. The van der Waals surface area contributed by atoms with Crippen molar-refractivity contribution in [3.8, 4) is 22.7 Å². The maximum atomic E-state index is 13.0. The first-order valence-electron chi connectivity index (χ1n) is 12.6. The number of aromatic amines is 1. The van der Waals surface area contributed by atoms with Gasteiger partial charge < -0.3 is 19.8 Å². The summed E-state index contributed by atoms with van der Waals surface area (Å²) in [6.45, 7) is 0. The predicted molar refractivity (Wildman–Crippen MR) is 156 cm³/mol. The van der Waals surface area contributed by atoms with Gasteiger partial charge in [0.05, 0.1) is 25.6 Å². The average molecular weight is 555 g/mol. The number of H-pyrrole nitrogens is 1. The lowest BCUT2D eigenvalue weighted by atomic mass is 10.0. The van der Waals surface area contributed by atoms with E-state index in [9.17, 15) is 9.59 Å². The molecule has 0 bridgehead atoms. The summed E-state index contributed by atoms with van der Waals surface area (Å²) in [5.41, 5.74) is 4.83. The molecule has 40 heavy (non-hydrogen) atoms. The fourth-order valence-electron chi connectivity index (χ4n) is 4.47. The van der Waals surface area contributed by atoms with Gasteiger partial charge in [-0.2, -0.15) is 5.10 Å². The van der Waals surface area contributed by atoms with Gasteiger partial charge in [-0.05, 0) is 60.2 Å². The molecule has 0 saturated carbocycles. The zero-order valence-electron chi connectivity index (χ0n) is 21.9. The van der Waals surface area contributed by atoms with Crippen molar-refractivity contribution in [2.75, 3.05) is 14.2 Å². The third-order valence-corrected chi connectivity index (χ3v) is 6.73. The molecule has 2 N–H and O–H groups in total. The van der Waals surface area contributed by atoms with Crippen molar-refractivity contribution >= 4 is 40.5 Å². The summed E-state index contributed by atoms with van der Waals surface area (Å²) in [7, 11) is 2.91. The van der Waals surface area contributed by atoms with Gasteiger partial charge in [0.15, 0.2) is 0 Å². The van der Waals surface area contributed by atoms with E-state index in [0.29, 0.717) is 16.3 Å². The summed E-state index contributed by atoms with van der Waals surface area (Å²) >= 11 is 6.20. The number of nitrogens with one attached hydrogen (secondary N) is 2. The van der Waals surface area contributed by atoms with Crippen molar-refractivity contribution < 1.29 is 19.1 Å². The number of rotatable bonds is 9. The molecule has 0 radical (unpaired) electrons. The van der Waals surface area contributed by atoms with Crippen LogP contribution >= 0.6 is 11.6 Å². The molecule has 0 aliphatic carbocycles. The standard InChI is InChI=1S/C31H27ClN4O4/c1-39-25-13-10-20(11-14-25)30-21(19-36(35-30)24-7-5-6-23(32)17-24)12-15-29(37)34-28(31(38)40-2)16-22-18-33-27-9-4-3-8-26(22)27/h3-15,17-19,28,33H,16H2,1-2H3,(H,34,37)/b15-12-/t28-/m0/s1. The van der Waals surface area contributed by atoms with Gasteiger partial charge in [0, 0.05) is 51.9 Å². The number of benzene rings is 3. The lowest BCUT2D eigenvalue weighted by Gasteiger charge is -2.15. The fraction of sp³-hybridized carbons (Fsp3) is 0.129. The average Bonchev–Trinajstić information content (AvgIpc) is 3.60. The number of para-hydroxylation sites is 1. The van der Waals surface area contributed by atoms with Gasteiger partial charge in [0.1, 0.15) is 11.8 Å². The van der Waals surface area contributed by atoms with Crippen molar-refractivity contribution in [1.29, 1.82) is 0 Å². The zero-order valence-corrected chi connectivity index (χ0v) is 22.7. The maximum Gasteiger partial charge on any atom is 0.328 e. The first-order chi connectivity index (χ1) is 19.4. The number of carbonyl (C=O) groups is 2. The van der Waals surface area contributed by atoms with Crippen LogP contribution in [0.4, 0.5) is 0 Å². The van der Waals surface area contributed by atoms with Crippen LogP contribution in [-0.2, 0) is 20.7 Å². The van der Waals surface area contributed by atoms with Crippen molar-refractivity contribution in [3.63, 3.8) is 0 Å². The Morgan fingerprint density at radius 2 is 1.88 bits per heavy atom. The molecule has 1 atom stereocenters. The Labute approximate surface area is 236 Å². The minimum absolute atomic E-state index is 0.278. The van der Waals surface area contributed by atoms with Crippen molar-refractivity contribution in [2.24, 2.45) is 0 Å². The first kappa shape index (κ1) is 26.8. The van der Waals surface area contributed by atoms with E-state index in [0.717, 1.165) is 33.5 Å². The number of hydrogen-bond acceptors (Lipinski definition) is 5. The van der Waals surface area contributed by atoms with Gasteiger partial charge in [-0.25, -0.2) is 9.48 Å². The zero-order chi connectivity index (χ0) is 28.1. The van der Waals surface area contributed by atoms with E-state index in [1.165, 1.54) is 13.2 Å². The van der Waals surface area contributed by atoms with Crippen LogP contribution < -0.4 is 10.1 Å². The normalized spacial score (nSPS) is 12.0. The number of fused-ring (bicyclic) bond motifs is 1. The second-order valence-electron chi connectivity index (χ2n) is 9.07. The predicted octanol–water partition coefficient (Wildman–Crippen LogP) is 5.60. The molecule has 3 aromatic carbocycles. The minimum atomic E-state index is -0.864. The van der Waals surface area contributed by atoms with Gasteiger partial charge in [-0.1, -0.05) is 35.9 Å². The van der Waals surface area contributed by atoms with Gasteiger partial charge in [-0.15, -0.1) is 0 Å². The van der Waals surface area contributed by atoms with Crippen LogP contribution in [0.2, 0.25) is 5.02 Å². The van der Waals surface area contributed by atoms with Crippen LogP contribution in [0.15, 0.2) is 91.3 Å². The molecule has 5 rings (SSSR count). The van der Waals surface area contributed by atoms with E-state index >= 15 is 0 Å². The molecule has 0 aliphatic heterocycles. The van der Waals surface area contributed by atoms with Crippen LogP contribution in [0.25, 0.3) is 33.9 Å². The smallest absolute Gasteiger partial charge is 0.328 e. The van der Waals surface area contributed by atoms with Crippen molar-refractivity contribution in [2.45, 2.75) is 12.5 Å². The van der Waals surface area contributed by atoms with Crippen LogP contribution in [0.1, 0.15) is 11.1 Å². The fourth-order valence-corrected chi connectivity index (χ4v) is 4.66. The van der Waals surface area contributed by atoms with E-state index < -0.39 is 17.9 Å². The molecular weight excluding hydrogens is 528 g/mol. The maximum absolute atomic E-state index is 13.0. The largest absolute Gasteiger partial charge is 0.497 e. The van der Waals surface area contributed by atoms with Crippen LogP contribution in [0.5, 0.6) is 5.75 Å². The van der Waals surface area contributed by atoms with E-state index in [-0.39, 0.29) is 6.42 Å². The number of nitrogens with zero attached hydrogens (tertiary/aromatic N) is 2. The summed E-state index contributed by atoms with van der Waals surface area (Å²) in [6.07, 6.45) is 6.99. The highest BCUT2D eigenvalue weighted by Crippen LogP contribution is 2.27. The summed E-state index contributed by atoms with van der Waals surface area (Å²) in [6, 6.07) is 21.7. The lowest BCUT2D eigenvalue weighted by molar-refractivity contribution is -0.144. The summed E-state index contributed by atoms with van der Waals surface area (Å²) < 4.78 is 12.0. The molecule has 9 heteroatoms. The molecule has 0 unspecified atom stereocenters. The van der Waals surface area contributed by atoms with Gasteiger partial charge in [0.2, 0.25) is 5.91 Å². The Hall–Kier alpha value is -4.82. The Balaban J connectivity index is 1.41. The Morgan fingerprint density at radius 3 is 2.62 bits per heavy atom. The summed E-state index contributed by atoms with van der Waals surface area (Å²) in [5, 5.41) is 9.12. The molecular formula is C31H27ClN4O4.